The molecule has 0 aliphatic carbocycles. The molecule has 0 spiro atoms. The van der Waals surface area contributed by atoms with Crippen molar-refractivity contribution in [3.8, 4) is 11.5 Å². The Morgan fingerprint density at radius 3 is 1.24 bits per heavy atom. The summed E-state index contributed by atoms with van der Waals surface area (Å²) in [6, 6.07) is 32.4. The van der Waals surface area contributed by atoms with Crippen molar-refractivity contribution in [2.75, 3.05) is 52.8 Å². The number of aromatic carboxylic acids is 1. The second kappa shape index (κ2) is 30.2. The molecule has 1 N–H and O–H groups in total. The Hall–Kier alpha value is -8.58. The number of esters is 2. The van der Waals surface area contributed by atoms with Crippen molar-refractivity contribution in [3.05, 3.63) is 165 Å². The fourth-order valence-corrected chi connectivity index (χ4v) is 13.2. The fourth-order valence-electron chi connectivity index (χ4n) is 12.2. The lowest BCUT2D eigenvalue weighted by Gasteiger charge is -2.30. The Morgan fingerprint density at radius 1 is 0.521 bits per heavy atom. The Balaban J connectivity index is 0.000000266. The number of hydrogen-bond acceptors (Lipinski definition) is 15. The van der Waals surface area contributed by atoms with Crippen molar-refractivity contribution < 1.29 is 92.2 Å². The number of carboxylic acids is 1. The standard InChI is InChI=1S/C37H42N3O9S.C33H38N2O7S.CH4/c1-6-7-18-40(4,5)23-26-13-14-31-29(22-26)34(28-11-8-9-12-30(28)38(31)17-10-19-50(45,46)47)37(44)48-35-24(2)20-27(21-25(35)3)36(43)49-39-32(41)15-16-33(39)42;1-6-7-16-35(4,5)21-24-13-14-29-27(20-24)30(33(38)42-31-22(2)18-25(32(36)37)19-23(31)3)26-11-8-9-12-28(26)34(29)15-10-17-43(39,40)41;/h8-9,11-14,20-22H,6-7,10,15-19,23H2,1-5H3;8-9,11-14,18-20H,6-7,10,15-17,21H2,1-5H3;1H4/q+1;;/p+1. The van der Waals surface area contributed by atoms with Crippen LogP contribution in [0.2, 0.25) is 0 Å². The number of carbonyl (C=O) groups excluding carboxylic acids is 5. The molecule has 94 heavy (non-hydrogen) atoms. The van der Waals surface area contributed by atoms with E-state index in [0.29, 0.717) is 94.3 Å². The van der Waals surface area contributed by atoms with Gasteiger partial charge in [-0.25, -0.2) is 36.0 Å². The summed E-state index contributed by atoms with van der Waals surface area (Å²) in [5.74, 6) is -4.82. The molecule has 3 heterocycles. The maximum absolute atomic E-state index is 14.3. The Labute approximate surface area is 549 Å². The molecule has 2 amide bonds. The Kier molecular flexibility index (Phi) is 23.4. The number of amides is 2. The van der Waals surface area contributed by atoms with Gasteiger partial charge in [-0.05, 0) is 123 Å². The van der Waals surface area contributed by atoms with Gasteiger partial charge in [0.15, 0.2) is 13.1 Å². The van der Waals surface area contributed by atoms with Gasteiger partial charge in [0.1, 0.15) is 24.6 Å². The topological polar surface area (TPSA) is 276 Å². The van der Waals surface area contributed by atoms with Crippen LogP contribution >= 0.6 is 0 Å². The summed E-state index contributed by atoms with van der Waals surface area (Å²) in [7, 11) is -0.146. The Bertz CT molecular complexity index is 4450. The van der Waals surface area contributed by atoms with Crippen LogP contribution in [0.5, 0.6) is 11.5 Å². The first-order valence-electron chi connectivity index (χ1n) is 31.0. The van der Waals surface area contributed by atoms with Crippen molar-refractivity contribution in [2.24, 2.45) is 0 Å². The van der Waals surface area contributed by atoms with Crippen molar-refractivity contribution in [1.82, 2.24) is 5.06 Å². The molecule has 6 aromatic carbocycles. The van der Waals surface area contributed by atoms with Gasteiger partial charge in [-0.3, -0.25) is 9.59 Å². The first-order valence-corrected chi connectivity index (χ1v) is 34.2. The third-order valence-corrected chi connectivity index (χ3v) is 18.1. The number of unbranched alkanes of at least 4 members (excludes halogenated alkanes) is 2. The van der Waals surface area contributed by atoms with E-state index in [1.807, 2.05) is 81.9 Å². The zero-order chi connectivity index (χ0) is 67.9. The molecule has 23 heteroatoms. The number of aromatic nitrogens is 2. The molecule has 8 aromatic rings. The third kappa shape index (κ3) is 17.8. The van der Waals surface area contributed by atoms with Crippen LogP contribution in [-0.4, -0.2) is 134 Å². The SMILES string of the molecule is C.CCCC[N+](C)(C)Cc1ccc2c(c1)c(C(=O)Oc1c(C)cc(C(=O)O)cc1C)c1ccccc1[n+]2CCCS(=O)(=O)[O-].CCCC[N+](C)(C)Cc1ccc2c(c1)c(C(=O)Oc1c(C)cc(C(=O)ON3C(=O)CCC3=O)cc1C)c1ccccc1[n+]2CCCS(=O)(=O)[O-]. The summed E-state index contributed by atoms with van der Waals surface area (Å²) in [5.41, 5.74) is 7.63. The Morgan fingerprint density at radius 2 is 0.883 bits per heavy atom. The highest BCUT2D eigenvalue weighted by atomic mass is 32.2. The molecule has 21 nitrogen and oxygen atoms in total. The van der Waals surface area contributed by atoms with Gasteiger partial charge in [0, 0.05) is 72.6 Å². The molecule has 0 unspecified atom stereocenters. The van der Waals surface area contributed by atoms with Crippen LogP contribution in [0.25, 0.3) is 43.6 Å². The lowest BCUT2D eigenvalue weighted by molar-refractivity contribution is -0.903. The highest BCUT2D eigenvalue weighted by molar-refractivity contribution is 7.85. The van der Waals surface area contributed by atoms with Gasteiger partial charge in [-0.1, -0.05) is 58.4 Å². The number of aryl methyl sites for hydroxylation is 6. The highest BCUT2D eigenvalue weighted by Gasteiger charge is 2.35. The highest BCUT2D eigenvalue weighted by Crippen LogP contribution is 2.34. The van der Waals surface area contributed by atoms with E-state index >= 15 is 0 Å². The predicted molar refractivity (Wildman–Crippen MR) is 355 cm³/mol. The van der Waals surface area contributed by atoms with E-state index in [0.717, 1.165) is 65.4 Å². The first kappa shape index (κ1) is 72.8. The molecule has 500 valence electrons. The number of nitrogens with zero attached hydrogens (tertiary/aromatic N) is 5. The average Bonchev–Trinajstić information content (AvgIpc) is 0.802. The van der Waals surface area contributed by atoms with E-state index < -0.39 is 67.4 Å². The zero-order valence-electron chi connectivity index (χ0n) is 54.3. The summed E-state index contributed by atoms with van der Waals surface area (Å²) in [6.07, 6.45) is 4.47. The molecule has 1 aliphatic heterocycles. The smallest absolute Gasteiger partial charge is 0.363 e. The van der Waals surface area contributed by atoms with Crippen LogP contribution < -0.4 is 18.6 Å². The van der Waals surface area contributed by atoms with Gasteiger partial charge >= 0.3 is 23.9 Å². The number of carboxylic acid groups (broad SMARTS) is 1. The van der Waals surface area contributed by atoms with Crippen LogP contribution in [0.15, 0.2) is 109 Å². The molecule has 1 aliphatic rings. The number of hydroxylamine groups is 2. The van der Waals surface area contributed by atoms with Crippen LogP contribution in [0.1, 0.15) is 147 Å². The van der Waals surface area contributed by atoms with E-state index in [4.69, 9.17) is 14.3 Å². The molecular formula is C71H85N5O16S2+2. The molecule has 0 atom stereocenters. The van der Waals surface area contributed by atoms with Gasteiger partial charge in [0.05, 0.1) is 105 Å². The molecule has 1 fully saturated rings. The quantitative estimate of drug-likeness (QED) is 0.0106. The number of fused-ring (bicyclic) bond motifs is 4. The fraction of sp³-hybridized carbons (Fsp3) is 0.380. The van der Waals surface area contributed by atoms with Gasteiger partial charge in [-0.15, -0.1) is 5.06 Å². The number of quaternary nitrogens is 2. The van der Waals surface area contributed by atoms with E-state index in [1.54, 1.807) is 39.8 Å². The number of para-hydroxylation sites is 2. The summed E-state index contributed by atoms with van der Waals surface area (Å²) in [5, 5.41) is 12.4. The van der Waals surface area contributed by atoms with Gasteiger partial charge in [0.2, 0.25) is 22.1 Å². The summed E-state index contributed by atoms with van der Waals surface area (Å²) >= 11 is 0. The molecule has 0 bridgehead atoms. The van der Waals surface area contributed by atoms with Crippen LogP contribution in [0.4, 0.5) is 0 Å². The van der Waals surface area contributed by atoms with Crippen molar-refractivity contribution in [3.63, 3.8) is 0 Å². The number of rotatable bonds is 25. The predicted octanol–water partition coefficient (Wildman–Crippen LogP) is 10.4. The molecule has 9 rings (SSSR count). The first-order chi connectivity index (χ1) is 43.8. The second-order valence-electron chi connectivity index (χ2n) is 25.3. The largest absolute Gasteiger partial charge is 0.748 e. The third-order valence-electron chi connectivity index (χ3n) is 16.6. The normalized spacial score (nSPS) is 12.9. The van der Waals surface area contributed by atoms with E-state index in [-0.39, 0.29) is 63.1 Å². The maximum Gasteiger partial charge on any atom is 0.363 e. The van der Waals surface area contributed by atoms with E-state index in [1.165, 1.54) is 24.3 Å². The van der Waals surface area contributed by atoms with Crippen molar-refractivity contribution in [2.45, 2.75) is 127 Å². The van der Waals surface area contributed by atoms with Crippen molar-refractivity contribution in [1.29, 1.82) is 0 Å². The zero-order valence-corrected chi connectivity index (χ0v) is 56.0. The minimum absolute atomic E-state index is 0. The molecule has 0 saturated carbocycles. The minimum Gasteiger partial charge on any atom is -0.748 e. The van der Waals surface area contributed by atoms with E-state index in [9.17, 15) is 59.8 Å². The lowest BCUT2D eigenvalue weighted by Crippen LogP contribution is -2.40. The number of hydrogen-bond donors (Lipinski definition) is 1. The number of pyridine rings is 2. The van der Waals surface area contributed by atoms with Crippen LogP contribution in [0, 0.1) is 27.7 Å². The monoisotopic (exact) mass is 1330 g/mol. The number of benzene rings is 6. The summed E-state index contributed by atoms with van der Waals surface area (Å²) < 4.78 is 86.0. The average molecular weight is 1330 g/mol. The van der Waals surface area contributed by atoms with Crippen molar-refractivity contribution >= 4 is 99.5 Å². The van der Waals surface area contributed by atoms with E-state index in [2.05, 4.69) is 42.0 Å². The molecular weight excluding hydrogens is 1240 g/mol. The number of imide groups is 1. The summed E-state index contributed by atoms with van der Waals surface area (Å²) in [6.45, 7) is 15.0. The molecule has 1 saturated heterocycles. The minimum atomic E-state index is -4.42. The maximum atomic E-state index is 14.3. The van der Waals surface area contributed by atoms with Gasteiger partial charge in [-0.2, -0.15) is 9.13 Å². The summed E-state index contributed by atoms with van der Waals surface area (Å²) in [4.78, 5) is 81.8. The number of carbonyl (C=O) groups is 6. The van der Waals surface area contributed by atoms with Crippen LogP contribution in [-0.2, 0) is 60.8 Å². The van der Waals surface area contributed by atoms with Gasteiger partial charge < -0.3 is 37.5 Å². The molecule has 2 aromatic heterocycles. The van der Waals surface area contributed by atoms with Gasteiger partial charge in [0.25, 0.3) is 11.8 Å². The second-order valence-corrected chi connectivity index (χ2v) is 28.3. The van der Waals surface area contributed by atoms with Crippen LogP contribution in [0.3, 0.4) is 0 Å². The molecule has 0 radical (unpaired) electrons. The number of ether oxygens (including phenoxy) is 2. The lowest BCUT2D eigenvalue weighted by atomic mass is 9.99.